The maximum Gasteiger partial charge on any atom is 0.324 e. The van der Waals surface area contributed by atoms with Gasteiger partial charge in [-0.15, -0.1) is 0 Å². The maximum atomic E-state index is 8.46. The Hall–Kier alpha value is 1.02. The van der Waals surface area contributed by atoms with Crippen molar-refractivity contribution >= 4 is 38.2 Å². The Morgan fingerprint density at radius 2 is 1.60 bits per heavy atom. The van der Waals surface area contributed by atoms with Gasteiger partial charge in [0.05, 0.1) is 0 Å². The molecule has 0 spiro atoms. The molecule has 0 aliphatic carbocycles. The van der Waals surface area contributed by atoms with Crippen LogP contribution in [0.4, 0.5) is 0 Å². The molecule has 0 saturated carbocycles. The fourth-order valence-electron chi connectivity index (χ4n) is 0. The summed E-state index contributed by atoms with van der Waals surface area (Å²) in [7, 11) is -0.833. The molecule has 0 unspecified atom stereocenters. The van der Waals surface area contributed by atoms with Gasteiger partial charge in [0.2, 0.25) is 0 Å². The van der Waals surface area contributed by atoms with Crippen LogP contribution >= 0.6 is 8.69 Å². The summed E-state index contributed by atoms with van der Waals surface area (Å²) >= 11 is 0. The third kappa shape index (κ3) is 44.0. The predicted molar refractivity (Wildman–Crippen MR) is 19.2 cm³/mol. The van der Waals surface area contributed by atoms with Gasteiger partial charge in [-0.05, 0) is 0 Å². The molecule has 5 heteroatoms. The van der Waals surface area contributed by atoms with Gasteiger partial charge in [-0.1, -0.05) is 0 Å². The first kappa shape index (κ1) is 16.6. The van der Waals surface area contributed by atoms with Crippen molar-refractivity contribution in [2.75, 3.05) is 0 Å². The average Bonchev–Trinajstić information content (AvgIpc) is 0.918. The summed E-state index contributed by atoms with van der Waals surface area (Å²) in [5.74, 6) is 0. The van der Waals surface area contributed by atoms with E-state index in [1.807, 2.05) is 0 Å². The molecule has 0 amide bonds. The summed E-state index contributed by atoms with van der Waals surface area (Å²) in [4.78, 5) is 6.99. The van der Waals surface area contributed by atoms with E-state index in [9.17, 15) is 0 Å². The molecule has 0 aromatic carbocycles. The van der Waals surface area contributed by atoms with E-state index < -0.39 is 8.69 Å². The summed E-state index contributed by atoms with van der Waals surface area (Å²) in [5, 5.41) is 0. The van der Waals surface area contributed by atoms with E-state index in [0.29, 0.717) is 0 Å². The second-order valence-corrected chi connectivity index (χ2v) is 0.245. The van der Waals surface area contributed by atoms with Crippen LogP contribution in [0.25, 0.3) is 0 Å². The smallest absolute Gasteiger partial charge is 0.324 e. The van der Waals surface area contributed by atoms with E-state index >= 15 is 0 Å². The fourth-order valence-corrected chi connectivity index (χ4v) is 0. The van der Waals surface area contributed by atoms with Gasteiger partial charge in [0, 0.05) is 29.6 Å². The Balaban J connectivity index is -0.0000000200. The molecule has 3 N–H and O–H groups in total. The van der Waals surface area contributed by atoms with Gasteiger partial charge in [-0.2, -0.15) is 0 Å². The Bertz CT molecular complexity index is 14.4. The van der Waals surface area contributed by atoms with Crippen LogP contribution in [0, 0.1) is 0 Å². The van der Waals surface area contributed by atoms with Crippen molar-refractivity contribution in [3.05, 3.63) is 0 Å². The summed E-state index contributed by atoms with van der Waals surface area (Å²) in [6.45, 7) is 0. The minimum Gasteiger partial charge on any atom is -0.412 e. The SMILES string of the molecule is O.O=PO.[Na]. The van der Waals surface area contributed by atoms with Crippen LogP contribution in [0.1, 0.15) is 0 Å². The van der Waals surface area contributed by atoms with E-state index in [-0.39, 0.29) is 35.0 Å². The molecule has 3 nitrogen and oxygen atoms in total. The molecule has 0 aromatic heterocycles. The van der Waals surface area contributed by atoms with Crippen molar-refractivity contribution in [3.63, 3.8) is 0 Å². The Labute approximate surface area is 53.3 Å². The van der Waals surface area contributed by atoms with Gasteiger partial charge in [0.15, 0.2) is 0 Å². The zero-order valence-corrected chi connectivity index (χ0v) is 5.70. The number of hydrogen-bond donors (Lipinski definition) is 1. The Kier molecular flexibility index (Phi) is 66.1. The van der Waals surface area contributed by atoms with Crippen molar-refractivity contribution in [1.29, 1.82) is 0 Å². The van der Waals surface area contributed by atoms with Gasteiger partial charge in [-0.3, -0.25) is 0 Å². The normalized spacial score (nSPS) is 4.20. The molecule has 0 bridgehead atoms. The van der Waals surface area contributed by atoms with Crippen molar-refractivity contribution in [3.8, 4) is 0 Å². The molecule has 27 valence electrons. The third-order valence-corrected chi connectivity index (χ3v) is 0. The third-order valence-electron chi connectivity index (χ3n) is 0. The molecular weight excluding hydrogens is 102 g/mol. The second-order valence-electron chi connectivity index (χ2n) is 0.0816. The molecule has 0 saturated heterocycles. The summed E-state index contributed by atoms with van der Waals surface area (Å²) < 4.78 is 8.46. The first-order valence-corrected chi connectivity index (χ1v) is 1.15. The molecule has 0 aliphatic heterocycles. The van der Waals surface area contributed by atoms with Crippen molar-refractivity contribution in [2.45, 2.75) is 0 Å². The summed E-state index contributed by atoms with van der Waals surface area (Å²) in [5.41, 5.74) is 0. The monoisotopic (exact) mass is 105 g/mol. The van der Waals surface area contributed by atoms with E-state index in [1.165, 1.54) is 0 Å². The molecule has 0 aromatic rings. The summed E-state index contributed by atoms with van der Waals surface area (Å²) in [6.07, 6.45) is 0. The molecule has 5 heavy (non-hydrogen) atoms. The standard InChI is InChI=1S/Na.HO2P.H2O/c;1-3-2;/h;(H,1,2);1H2. The molecule has 1 radical (unpaired) electrons. The zero-order valence-electron chi connectivity index (χ0n) is 2.80. The quantitative estimate of drug-likeness (QED) is 0.316. The minimum atomic E-state index is -0.833. The van der Waals surface area contributed by atoms with E-state index in [4.69, 9.17) is 9.46 Å². The van der Waals surface area contributed by atoms with Gasteiger partial charge in [0.1, 0.15) is 0 Å². The first-order valence-electron chi connectivity index (χ1n) is 0.383. The average molecular weight is 105 g/mol. The van der Waals surface area contributed by atoms with Gasteiger partial charge < -0.3 is 10.4 Å². The number of hydrogen-bond acceptors (Lipinski definition) is 1. The maximum absolute atomic E-state index is 8.46. The predicted octanol–water partition coefficient (Wildman–Crippen LogP) is -1.02. The van der Waals surface area contributed by atoms with Crippen LogP contribution in [-0.4, -0.2) is 39.9 Å². The minimum absolute atomic E-state index is 0. The van der Waals surface area contributed by atoms with Crippen LogP contribution < -0.4 is 0 Å². The second kappa shape index (κ2) is 19.9. The van der Waals surface area contributed by atoms with E-state index in [0.717, 1.165) is 0 Å². The van der Waals surface area contributed by atoms with Crippen molar-refractivity contribution in [2.24, 2.45) is 0 Å². The summed E-state index contributed by atoms with van der Waals surface area (Å²) in [6, 6.07) is 0. The molecular formula is H3NaO3P. The van der Waals surface area contributed by atoms with Crippen molar-refractivity contribution < 1.29 is 14.9 Å². The molecule has 0 aliphatic rings. The Morgan fingerprint density at radius 3 is 1.60 bits per heavy atom. The number of rotatable bonds is 0. The molecule has 0 fully saturated rings. The largest absolute Gasteiger partial charge is 0.412 e. The van der Waals surface area contributed by atoms with Crippen LogP contribution in [-0.2, 0) is 4.57 Å². The molecule has 0 atom stereocenters. The molecule has 0 rings (SSSR count). The molecule has 0 heterocycles. The van der Waals surface area contributed by atoms with Crippen LogP contribution in [0.3, 0.4) is 0 Å². The van der Waals surface area contributed by atoms with E-state index in [2.05, 4.69) is 0 Å². The van der Waals surface area contributed by atoms with Crippen molar-refractivity contribution in [1.82, 2.24) is 0 Å². The topological polar surface area (TPSA) is 68.8 Å². The van der Waals surface area contributed by atoms with Crippen LogP contribution in [0.5, 0.6) is 0 Å². The van der Waals surface area contributed by atoms with E-state index in [1.54, 1.807) is 0 Å². The van der Waals surface area contributed by atoms with Gasteiger partial charge in [0.25, 0.3) is 0 Å². The first-order chi connectivity index (χ1) is 1.41. The van der Waals surface area contributed by atoms with Gasteiger partial charge >= 0.3 is 8.69 Å². The van der Waals surface area contributed by atoms with Crippen LogP contribution in [0.15, 0.2) is 0 Å². The van der Waals surface area contributed by atoms with Gasteiger partial charge in [-0.25, -0.2) is 4.57 Å². The zero-order chi connectivity index (χ0) is 2.71. The fraction of sp³-hybridized carbons (Fsp3) is 0. The Morgan fingerprint density at radius 1 is 1.60 bits per heavy atom. The van der Waals surface area contributed by atoms with Crippen LogP contribution in [0.2, 0.25) is 0 Å².